The van der Waals surface area contributed by atoms with E-state index in [1.807, 2.05) is 41.8 Å². The van der Waals surface area contributed by atoms with E-state index in [1.54, 1.807) is 6.07 Å². The van der Waals surface area contributed by atoms with Gasteiger partial charge in [0.15, 0.2) is 0 Å². The summed E-state index contributed by atoms with van der Waals surface area (Å²) in [4.78, 5) is 4.57. The van der Waals surface area contributed by atoms with E-state index in [-0.39, 0.29) is 5.82 Å². The number of aryl methyl sites for hydroxylation is 2. The van der Waals surface area contributed by atoms with Crippen LogP contribution < -0.4 is 0 Å². The van der Waals surface area contributed by atoms with Crippen LogP contribution in [0, 0.1) is 12.7 Å². The summed E-state index contributed by atoms with van der Waals surface area (Å²) >= 11 is 5.86. The third-order valence-electron chi connectivity index (χ3n) is 3.36. The van der Waals surface area contributed by atoms with Crippen molar-refractivity contribution in [3.8, 4) is 5.69 Å². The lowest BCUT2D eigenvalue weighted by Gasteiger charge is -2.12. The largest absolute Gasteiger partial charge is 0.293 e. The van der Waals surface area contributed by atoms with Gasteiger partial charge in [0, 0.05) is 12.3 Å². The number of alkyl halides is 1. The molecule has 0 amide bonds. The first-order valence-electron chi connectivity index (χ1n) is 6.50. The lowest BCUT2D eigenvalue weighted by Crippen LogP contribution is -2.06. The molecule has 2 nitrogen and oxygen atoms in total. The normalized spacial score (nSPS) is 11.2. The Morgan fingerprint density at radius 2 is 1.95 bits per heavy atom. The molecule has 0 aliphatic rings. The molecule has 0 fully saturated rings. The average Bonchev–Trinajstić information content (AvgIpc) is 2.78. The van der Waals surface area contributed by atoms with Crippen LogP contribution in [0.1, 0.15) is 11.4 Å². The SMILES string of the molecule is Cc1cccc(F)c1-n1c(CCCl)nc2ccccc21. The number of benzene rings is 2. The highest BCUT2D eigenvalue weighted by atomic mass is 35.5. The van der Waals surface area contributed by atoms with Crippen molar-refractivity contribution in [2.75, 3.05) is 5.88 Å². The molecule has 0 N–H and O–H groups in total. The summed E-state index contributed by atoms with van der Waals surface area (Å²) in [6, 6.07) is 12.8. The monoisotopic (exact) mass is 288 g/mol. The van der Waals surface area contributed by atoms with E-state index < -0.39 is 0 Å². The highest BCUT2D eigenvalue weighted by molar-refractivity contribution is 6.17. The molecule has 0 aliphatic carbocycles. The summed E-state index contributed by atoms with van der Waals surface area (Å²) in [6.07, 6.45) is 0.601. The van der Waals surface area contributed by atoms with Gasteiger partial charge in [-0.3, -0.25) is 4.57 Å². The van der Waals surface area contributed by atoms with Gasteiger partial charge in [0.1, 0.15) is 11.6 Å². The van der Waals surface area contributed by atoms with Crippen LogP contribution in [0.5, 0.6) is 0 Å². The summed E-state index contributed by atoms with van der Waals surface area (Å²) in [5.74, 6) is 0.995. The topological polar surface area (TPSA) is 17.8 Å². The Hall–Kier alpha value is -1.87. The molecule has 0 saturated carbocycles. The van der Waals surface area contributed by atoms with E-state index >= 15 is 0 Å². The van der Waals surface area contributed by atoms with Crippen LogP contribution in [0.25, 0.3) is 16.7 Å². The molecule has 1 heterocycles. The van der Waals surface area contributed by atoms with Crippen molar-refractivity contribution in [1.82, 2.24) is 9.55 Å². The lowest BCUT2D eigenvalue weighted by molar-refractivity contribution is 0.615. The number of hydrogen-bond acceptors (Lipinski definition) is 1. The standard InChI is InChI=1S/C16H14ClFN2/c1-11-5-4-6-12(18)16(11)20-14-8-3-2-7-13(14)19-15(20)9-10-17/h2-8H,9-10H2,1H3. The van der Waals surface area contributed by atoms with Gasteiger partial charge >= 0.3 is 0 Å². The summed E-state index contributed by atoms with van der Waals surface area (Å²) in [5.41, 5.74) is 3.20. The molecule has 0 spiro atoms. The lowest BCUT2D eigenvalue weighted by atomic mass is 10.1. The Kier molecular flexibility index (Phi) is 3.45. The van der Waals surface area contributed by atoms with Crippen molar-refractivity contribution in [2.24, 2.45) is 0 Å². The number of halogens is 2. The molecule has 20 heavy (non-hydrogen) atoms. The molecule has 2 aromatic carbocycles. The fourth-order valence-corrected chi connectivity index (χ4v) is 2.65. The number of hydrogen-bond donors (Lipinski definition) is 0. The first-order valence-corrected chi connectivity index (χ1v) is 7.03. The van der Waals surface area contributed by atoms with Crippen LogP contribution in [-0.4, -0.2) is 15.4 Å². The van der Waals surface area contributed by atoms with E-state index in [2.05, 4.69) is 4.98 Å². The zero-order valence-electron chi connectivity index (χ0n) is 11.1. The van der Waals surface area contributed by atoms with Gasteiger partial charge in [-0.05, 0) is 30.7 Å². The molecule has 0 aliphatic heterocycles. The summed E-state index contributed by atoms with van der Waals surface area (Å²) in [6.45, 7) is 1.90. The molecule has 0 unspecified atom stereocenters. The zero-order chi connectivity index (χ0) is 14.1. The van der Waals surface area contributed by atoms with Crippen LogP contribution in [0.3, 0.4) is 0 Å². The second kappa shape index (κ2) is 5.25. The van der Waals surface area contributed by atoms with Gasteiger partial charge in [-0.15, -0.1) is 11.6 Å². The number of para-hydroxylation sites is 3. The Bertz CT molecular complexity index is 744. The van der Waals surface area contributed by atoms with Crippen LogP contribution in [0.2, 0.25) is 0 Å². The second-order valence-electron chi connectivity index (χ2n) is 4.70. The number of nitrogens with zero attached hydrogens (tertiary/aromatic N) is 2. The van der Waals surface area contributed by atoms with Gasteiger partial charge in [0.2, 0.25) is 0 Å². The van der Waals surface area contributed by atoms with Crippen molar-refractivity contribution >= 4 is 22.6 Å². The Balaban J connectivity index is 2.36. The molecule has 0 radical (unpaired) electrons. The minimum absolute atomic E-state index is 0.246. The van der Waals surface area contributed by atoms with Crippen molar-refractivity contribution in [3.63, 3.8) is 0 Å². The first-order chi connectivity index (χ1) is 9.72. The highest BCUT2D eigenvalue weighted by Gasteiger charge is 2.16. The van der Waals surface area contributed by atoms with Crippen molar-refractivity contribution in [3.05, 3.63) is 59.7 Å². The molecule has 0 bridgehead atoms. The molecule has 4 heteroatoms. The Morgan fingerprint density at radius 1 is 1.15 bits per heavy atom. The average molecular weight is 289 g/mol. The van der Waals surface area contributed by atoms with Crippen LogP contribution in [0.15, 0.2) is 42.5 Å². The number of rotatable bonds is 3. The molecular formula is C16H14ClFN2. The number of fused-ring (bicyclic) bond motifs is 1. The maximum Gasteiger partial charge on any atom is 0.147 e. The molecule has 0 saturated heterocycles. The van der Waals surface area contributed by atoms with Crippen LogP contribution in [0.4, 0.5) is 4.39 Å². The molecule has 1 aromatic heterocycles. The van der Waals surface area contributed by atoms with E-state index in [0.29, 0.717) is 18.0 Å². The second-order valence-corrected chi connectivity index (χ2v) is 5.07. The maximum absolute atomic E-state index is 14.3. The smallest absolute Gasteiger partial charge is 0.147 e. The molecule has 0 atom stereocenters. The number of aromatic nitrogens is 2. The summed E-state index contributed by atoms with van der Waals surface area (Å²) in [5, 5.41) is 0. The third kappa shape index (κ3) is 2.08. The maximum atomic E-state index is 14.3. The van der Waals surface area contributed by atoms with Crippen molar-refractivity contribution in [1.29, 1.82) is 0 Å². The van der Waals surface area contributed by atoms with Gasteiger partial charge in [-0.2, -0.15) is 0 Å². The Morgan fingerprint density at radius 3 is 2.70 bits per heavy atom. The number of imidazole rings is 1. The van der Waals surface area contributed by atoms with Crippen molar-refractivity contribution in [2.45, 2.75) is 13.3 Å². The van der Waals surface area contributed by atoms with Gasteiger partial charge in [0.05, 0.1) is 16.7 Å². The fourth-order valence-electron chi connectivity index (χ4n) is 2.48. The van der Waals surface area contributed by atoms with E-state index in [0.717, 1.165) is 22.4 Å². The van der Waals surface area contributed by atoms with Gasteiger partial charge in [-0.25, -0.2) is 9.37 Å². The predicted molar refractivity (Wildman–Crippen MR) is 80.2 cm³/mol. The van der Waals surface area contributed by atoms with Crippen molar-refractivity contribution < 1.29 is 4.39 Å². The molecule has 3 aromatic rings. The Labute approximate surface area is 121 Å². The quantitative estimate of drug-likeness (QED) is 0.659. The molecular weight excluding hydrogens is 275 g/mol. The zero-order valence-corrected chi connectivity index (χ0v) is 11.9. The molecule has 102 valence electrons. The minimum atomic E-state index is -0.246. The van der Waals surface area contributed by atoms with E-state index in [9.17, 15) is 4.39 Å². The fraction of sp³-hybridized carbons (Fsp3) is 0.188. The van der Waals surface area contributed by atoms with Crippen LogP contribution >= 0.6 is 11.6 Å². The molecule has 3 rings (SSSR count). The van der Waals surface area contributed by atoms with Gasteiger partial charge in [-0.1, -0.05) is 24.3 Å². The van der Waals surface area contributed by atoms with Crippen LogP contribution in [-0.2, 0) is 6.42 Å². The predicted octanol–water partition coefficient (Wildman–Crippen LogP) is 4.25. The summed E-state index contributed by atoms with van der Waals surface area (Å²) in [7, 11) is 0. The summed E-state index contributed by atoms with van der Waals surface area (Å²) < 4.78 is 16.2. The van der Waals surface area contributed by atoms with Gasteiger partial charge in [0.25, 0.3) is 0 Å². The minimum Gasteiger partial charge on any atom is -0.293 e. The first kappa shape index (κ1) is 13.1. The van der Waals surface area contributed by atoms with Gasteiger partial charge < -0.3 is 0 Å². The van der Waals surface area contributed by atoms with E-state index in [1.165, 1.54) is 6.07 Å². The van der Waals surface area contributed by atoms with E-state index in [4.69, 9.17) is 11.6 Å². The third-order valence-corrected chi connectivity index (χ3v) is 3.55. The highest BCUT2D eigenvalue weighted by Crippen LogP contribution is 2.26.